The van der Waals surface area contributed by atoms with E-state index < -0.39 is 0 Å². The number of ketones is 1. The molecule has 0 aromatic heterocycles. The minimum absolute atomic E-state index is 0.229. The van der Waals surface area contributed by atoms with Crippen LogP contribution in [0.15, 0.2) is 0 Å². The van der Waals surface area contributed by atoms with Crippen LogP contribution in [0.1, 0.15) is 19.8 Å². The van der Waals surface area contributed by atoms with Crippen molar-refractivity contribution in [3.63, 3.8) is 0 Å². The van der Waals surface area contributed by atoms with E-state index in [9.17, 15) is 4.79 Å². The molecule has 0 bridgehead atoms. The number of rotatable bonds is 2. The smallest absolute Gasteiger partial charge is 0.138 e. The largest absolute Gasteiger partial charge is 0.299 e. The van der Waals surface area contributed by atoms with Gasteiger partial charge in [-0.2, -0.15) is 0 Å². The van der Waals surface area contributed by atoms with Crippen LogP contribution in [0.5, 0.6) is 0 Å². The molecule has 1 atom stereocenters. The van der Waals surface area contributed by atoms with E-state index in [-0.39, 0.29) is 5.92 Å². The maximum Gasteiger partial charge on any atom is 0.138 e. The number of piperidine rings is 1. The first-order valence-electron chi connectivity index (χ1n) is 4.46. The molecule has 0 saturated carbocycles. The Bertz CT molecular complexity index is 204. The zero-order valence-electron chi connectivity index (χ0n) is 7.55. The minimum Gasteiger partial charge on any atom is -0.299 e. The van der Waals surface area contributed by atoms with E-state index in [0.29, 0.717) is 18.7 Å². The van der Waals surface area contributed by atoms with Crippen molar-refractivity contribution in [3.8, 4) is 12.3 Å². The predicted molar refractivity (Wildman–Crippen MR) is 48.7 cm³/mol. The highest BCUT2D eigenvalue weighted by atomic mass is 16.1. The summed E-state index contributed by atoms with van der Waals surface area (Å²) in [6.45, 7) is 4.45. The van der Waals surface area contributed by atoms with E-state index in [1.165, 1.54) is 0 Å². The second-order valence-electron chi connectivity index (χ2n) is 3.26. The summed E-state index contributed by atoms with van der Waals surface area (Å²) >= 11 is 0. The van der Waals surface area contributed by atoms with E-state index >= 15 is 0 Å². The molecule has 0 aliphatic carbocycles. The van der Waals surface area contributed by atoms with Crippen molar-refractivity contribution < 1.29 is 4.79 Å². The van der Waals surface area contributed by atoms with Crippen molar-refractivity contribution in [1.29, 1.82) is 0 Å². The Balaban J connectivity index is 2.45. The topological polar surface area (TPSA) is 20.3 Å². The lowest BCUT2D eigenvalue weighted by Crippen LogP contribution is -2.40. The van der Waals surface area contributed by atoms with Gasteiger partial charge in [-0.05, 0) is 6.42 Å². The number of carbonyl (C=O) groups is 1. The summed E-state index contributed by atoms with van der Waals surface area (Å²) in [6.07, 6.45) is 6.83. The third kappa shape index (κ3) is 2.09. The lowest BCUT2D eigenvalue weighted by molar-refractivity contribution is -0.126. The fourth-order valence-electron chi connectivity index (χ4n) is 1.61. The van der Waals surface area contributed by atoms with Crippen LogP contribution in [0.3, 0.4) is 0 Å². The highest BCUT2D eigenvalue weighted by molar-refractivity contribution is 5.82. The van der Waals surface area contributed by atoms with Gasteiger partial charge in [0.25, 0.3) is 0 Å². The second kappa shape index (κ2) is 4.27. The Morgan fingerprint density at radius 1 is 1.75 bits per heavy atom. The van der Waals surface area contributed by atoms with Gasteiger partial charge < -0.3 is 0 Å². The van der Waals surface area contributed by atoms with E-state index in [1.807, 2.05) is 0 Å². The number of nitrogens with zero attached hydrogens (tertiary/aromatic N) is 1. The molecule has 2 heteroatoms. The molecule has 66 valence electrons. The molecule has 12 heavy (non-hydrogen) atoms. The molecule has 2 nitrogen and oxygen atoms in total. The lowest BCUT2D eigenvalue weighted by Gasteiger charge is -2.29. The summed E-state index contributed by atoms with van der Waals surface area (Å²) in [4.78, 5) is 13.5. The fourth-order valence-corrected chi connectivity index (χ4v) is 1.61. The quantitative estimate of drug-likeness (QED) is 0.567. The van der Waals surface area contributed by atoms with Crippen molar-refractivity contribution in [2.75, 3.05) is 19.6 Å². The SMILES string of the molecule is C#CCN1CCC(=O)C(CC)C1. The van der Waals surface area contributed by atoms with Crippen LogP contribution in [-0.4, -0.2) is 30.3 Å². The number of hydrogen-bond acceptors (Lipinski definition) is 2. The first-order chi connectivity index (χ1) is 5.77. The molecule has 0 spiro atoms. The summed E-state index contributed by atoms with van der Waals surface area (Å²) in [5.74, 6) is 3.25. The molecule has 0 aromatic carbocycles. The third-order valence-corrected chi connectivity index (χ3v) is 2.42. The molecule has 1 aliphatic heterocycles. The predicted octanol–water partition coefficient (Wildman–Crippen LogP) is 0.921. The van der Waals surface area contributed by atoms with Crippen LogP contribution in [0.25, 0.3) is 0 Å². The summed E-state index contributed by atoms with van der Waals surface area (Å²) in [6, 6.07) is 0. The summed E-state index contributed by atoms with van der Waals surface area (Å²) in [7, 11) is 0. The van der Waals surface area contributed by atoms with Gasteiger partial charge in [0, 0.05) is 25.4 Å². The normalized spacial score (nSPS) is 25.3. The number of likely N-dealkylation sites (tertiary alicyclic amines) is 1. The summed E-state index contributed by atoms with van der Waals surface area (Å²) in [5.41, 5.74) is 0. The highest BCUT2D eigenvalue weighted by Gasteiger charge is 2.24. The Hall–Kier alpha value is -0.810. The van der Waals surface area contributed by atoms with Gasteiger partial charge in [0.15, 0.2) is 0 Å². The van der Waals surface area contributed by atoms with Gasteiger partial charge in [-0.25, -0.2) is 0 Å². The molecule has 1 heterocycles. The van der Waals surface area contributed by atoms with Gasteiger partial charge in [0.2, 0.25) is 0 Å². The van der Waals surface area contributed by atoms with Gasteiger partial charge in [0.1, 0.15) is 5.78 Å². The van der Waals surface area contributed by atoms with Crippen molar-refractivity contribution in [2.24, 2.45) is 5.92 Å². The molecule has 0 aromatic rings. The molecule has 1 saturated heterocycles. The average Bonchev–Trinajstić information content (AvgIpc) is 2.09. The zero-order valence-corrected chi connectivity index (χ0v) is 7.55. The van der Waals surface area contributed by atoms with Crippen molar-refractivity contribution >= 4 is 5.78 Å². The van der Waals surface area contributed by atoms with E-state index in [1.54, 1.807) is 0 Å². The number of terminal acetylenes is 1. The van der Waals surface area contributed by atoms with E-state index in [0.717, 1.165) is 19.5 Å². The van der Waals surface area contributed by atoms with Gasteiger partial charge in [-0.1, -0.05) is 12.8 Å². The van der Waals surface area contributed by atoms with Crippen molar-refractivity contribution in [1.82, 2.24) is 4.90 Å². The Morgan fingerprint density at radius 2 is 2.50 bits per heavy atom. The van der Waals surface area contributed by atoms with Gasteiger partial charge in [0.05, 0.1) is 6.54 Å². The number of carbonyl (C=O) groups excluding carboxylic acids is 1. The van der Waals surface area contributed by atoms with E-state index in [2.05, 4.69) is 17.7 Å². The van der Waals surface area contributed by atoms with Crippen molar-refractivity contribution in [2.45, 2.75) is 19.8 Å². The Kier molecular flexibility index (Phi) is 3.31. The minimum atomic E-state index is 0.229. The average molecular weight is 165 g/mol. The molecule has 1 fully saturated rings. The standard InChI is InChI=1S/C10H15NO/c1-3-6-11-7-5-10(12)9(4-2)8-11/h1,9H,4-8H2,2H3. The first kappa shape index (κ1) is 9.28. The fraction of sp³-hybridized carbons (Fsp3) is 0.700. The zero-order chi connectivity index (χ0) is 8.97. The van der Waals surface area contributed by atoms with Gasteiger partial charge >= 0.3 is 0 Å². The number of Topliss-reactive ketones (excluding diaryl/α,β-unsaturated/α-hetero) is 1. The third-order valence-electron chi connectivity index (χ3n) is 2.42. The molecular formula is C10H15NO. The lowest BCUT2D eigenvalue weighted by atomic mass is 9.94. The van der Waals surface area contributed by atoms with Crippen LogP contribution in [-0.2, 0) is 4.79 Å². The second-order valence-corrected chi connectivity index (χ2v) is 3.26. The molecule has 0 amide bonds. The highest BCUT2D eigenvalue weighted by Crippen LogP contribution is 2.15. The van der Waals surface area contributed by atoms with Crippen LogP contribution in [0.2, 0.25) is 0 Å². The molecular weight excluding hydrogens is 150 g/mol. The Labute approximate surface area is 73.9 Å². The molecule has 1 unspecified atom stereocenters. The van der Waals surface area contributed by atoms with Crippen LogP contribution < -0.4 is 0 Å². The number of hydrogen-bond donors (Lipinski definition) is 0. The Morgan fingerprint density at radius 3 is 3.08 bits per heavy atom. The van der Waals surface area contributed by atoms with Gasteiger partial charge in [-0.15, -0.1) is 6.42 Å². The van der Waals surface area contributed by atoms with E-state index in [4.69, 9.17) is 6.42 Å². The molecule has 1 rings (SSSR count). The first-order valence-corrected chi connectivity index (χ1v) is 4.46. The molecule has 0 N–H and O–H groups in total. The maximum atomic E-state index is 11.3. The van der Waals surface area contributed by atoms with Gasteiger partial charge in [-0.3, -0.25) is 9.69 Å². The van der Waals surface area contributed by atoms with Crippen LogP contribution in [0.4, 0.5) is 0 Å². The monoisotopic (exact) mass is 165 g/mol. The summed E-state index contributed by atoms with van der Waals surface area (Å²) < 4.78 is 0. The summed E-state index contributed by atoms with van der Waals surface area (Å²) in [5, 5.41) is 0. The van der Waals surface area contributed by atoms with Crippen molar-refractivity contribution in [3.05, 3.63) is 0 Å². The molecule has 0 radical (unpaired) electrons. The van der Waals surface area contributed by atoms with Crippen LogP contribution >= 0.6 is 0 Å². The van der Waals surface area contributed by atoms with Crippen LogP contribution in [0, 0.1) is 18.3 Å². The maximum absolute atomic E-state index is 11.3. The molecule has 1 aliphatic rings.